The van der Waals surface area contributed by atoms with E-state index in [9.17, 15) is 0 Å². The quantitative estimate of drug-likeness (QED) is 0.563. The maximum absolute atomic E-state index is 6.31. The van der Waals surface area contributed by atoms with E-state index in [1.807, 2.05) is 12.1 Å². The zero-order valence-electron chi connectivity index (χ0n) is 14.8. The largest absolute Gasteiger partial charge is 0.493 e. The number of halogens is 2. The zero-order valence-corrected chi connectivity index (χ0v) is 16.3. The third-order valence-electron chi connectivity index (χ3n) is 3.68. The zero-order chi connectivity index (χ0) is 19.4. The molecule has 1 heterocycles. The molecule has 0 atom stereocenters. The molecule has 8 heteroatoms. The molecule has 0 saturated heterocycles. The lowest BCUT2D eigenvalue weighted by Gasteiger charge is -2.12. The minimum absolute atomic E-state index is 0.181. The van der Waals surface area contributed by atoms with Gasteiger partial charge in [0.1, 0.15) is 5.03 Å². The van der Waals surface area contributed by atoms with Gasteiger partial charge >= 0.3 is 0 Å². The van der Waals surface area contributed by atoms with Crippen molar-refractivity contribution in [1.29, 1.82) is 0 Å². The van der Waals surface area contributed by atoms with Crippen molar-refractivity contribution in [2.45, 2.75) is 0 Å². The van der Waals surface area contributed by atoms with Gasteiger partial charge in [-0.1, -0.05) is 35.3 Å². The molecule has 0 fully saturated rings. The molecule has 0 amide bonds. The second-order valence-corrected chi connectivity index (χ2v) is 6.22. The average molecular weight is 407 g/mol. The van der Waals surface area contributed by atoms with E-state index in [4.69, 9.17) is 41.8 Å². The number of ether oxygens (including phenoxy) is 3. The van der Waals surface area contributed by atoms with Gasteiger partial charge in [-0.15, -0.1) is 10.2 Å². The number of aromatic nitrogens is 2. The Morgan fingerprint density at radius 3 is 2.30 bits per heavy atom. The van der Waals surface area contributed by atoms with E-state index in [0.717, 1.165) is 5.56 Å². The fraction of sp³-hybridized carbons (Fsp3) is 0.158. The molecule has 3 aromatic rings. The Morgan fingerprint density at radius 1 is 1.00 bits per heavy atom. The summed E-state index contributed by atoms with van der Waals surface area (Å²) in [6.45, 7) is 0. The molecule has 2 aromatic carbocycles. The van der Waals surface area contributed by atoms with Crippen LogP contribution in [0.4, 0.5) is 0 Å². The number of methoxy groups -OCH3 is 3. The molecule has 3 rings (SSSR count). The van der Waals surface area contributed by atoms with Crippen molar-refractivity contribution in [2.24, 2.45) is 0 Å². The summed E-state index contributed by atoms with van der Waals surface area (Å²) in [5, 5.41) is 8.96. The van der Waals surface area contributed by atoms with E-state index < -0.39 is 0 Å². The predicted molar refractivity (Wildman–Crippen MR) is 105 cm³/mol. The number of hydrogen-bond acceptors (Lipinski definition) is 6. The minimum atomic E-state index is 0.181. The molecular weight excluding hydrogens is 391 g/mol. The highest BCUT2D eigenvalue weighted by atomic mass is 35.5. The van der Waals surface area contributed by atoms with Crippen molar-refractivity contribution >= 4 is 34.3 Å². The van der Waals surface area contributed by atoms with Gasteiger partial charge in [0, 0.05) is 10.6 Å². The van der Waals surface area contributed by atoms with E-state index in [1.165, 1.54) is 21.3 Å². The lowest BCUT2D eigenvalue weighted by atomic mass is 10.2. The second-order valence-electron chi connectivity index (χ2n) is 5.37. The van der Waals surface area contributed by atoms with Gasteiger partial charge in [-0.25, -0.2) is 0 Å². The van der Waals surface area contributed by atoms with Crippen LogP contribution in [0.3, 0.4) is 0 Å². The third kappa shape index (κ3) is 4.18. The Balaban J connectivity index is 1.96. The lowest BCUT2D eigenvalue weighted by molar-refractivity contribution is 0.324. The van der Waals surface area contributed by atoms with Gasteiger partial charge < -0.3 is 18.6 Å². The van der Waals surface area contributed by atoms with Crippen molar-refractivity contribution in [3.8, 4) is 28.7 Å². The summed E-state index contributed by atoms with van der Waals surface area (Å²) in [6, 6.07) is 10.7. The van der Waals surface area contributed by atoms with Crippen LogP contribution in [-0.2, 0) is 0 Å². The van der Waals surface area contributed by atoms with Gasteiger partial charge in [0.05, 0.1) is 21.3 Å². The van der Waals surface area contributed by atoms with Crippen LogP contribution in [0.5, 0.6) is 17.2 Å². The molecule has 140 valence electrons. The first kappa shape index (κ1) is 19.1. The van der Waals surface area contributed by atoms with E-state index in [2.05, 4.69) is 10.2 Å². The summed E-state index contributed by atoms with van der Waals surface area (Å²) >= 11 is 12.3. The van der Waals surface area contributed by atoms with Crippen LogP contribution in [0.15, 0.2) is 40.8 Å². The molecule has 6 nitrogen and oxygen atoms in total. The molecule has 0 unspecified atom stereocenters. The van der Waals surface area contributed by atoms with Gasteiger partial charge in [-0.05, 0) is 35.9 Å². The molecule has 0 aliphatic rings. The predicted octanol–water partition coefficient (Wildman–Crippen LogP) is 5.15. The molecule has 0 saturated carbocycles. The molecule has 1 aromatic heterocycles. The Labute approximate surface area is 166 Å². The van der Waals surface area contributed by atoms with Crippen molar-refractivity contribution in [3.05, 3.63) is 52.9 Å². The molecule has 0 aliphatic heterocycles. The van der Waals surface area contributed by atoms with Crippen LogP contribution >= 0.6 is 23.2 Å². The molecule has 0 spiro atoms. The van der Waals surface area contributed by atoms with Gasteiger partial charge in [-0.2, -0.15) is 0 Å². The average Bonchev–Trinajstić information content (AvgIpc) is 3.17. The summed E-state index contributed by atoms with van der Waals surface area (Å²) in [5.74, 6) is 1.88. The summed E-state index contributed by atoms with van der Waals surface area (Å²) < 4.78 is 21.7. The maximum atomic E-state index is 6.31. The molecule has 0 bridgehead atoms. The first-order valence-corrected chi connectivity index (χ1v) is 8.58. The monoisotopic (exact) mass is 406 g/mol. The van der Waals surface area contributed by atoms with Crippen LogP contribution in [0.25, 0.3) is 22.6 Å². The van der Waals surface area contributed by atoms with Gasteiger partial charge in [-0.3, -0.25) is 0 Å². The van der Waals surface area contributed by atoms with Crippen LogP contribution in [0, 0.1) is 0 Å². The standard InChI is InChI=1S/C19H16Cl2N2O4/c1-24-15-9-12(10-16(25-2)17(15)26-3)18-22-23-19(27-18)14(21)8-11-5-4-6-13(20)7-11/h4-10H,1-3H3/b14-8-. The van der Waals surface area contributed by atoms with Crippen molar-refractivity contribution in [3.63, 3.8) is 0 Å². The summed E-state index contributed by atoms with van der Waals surface area (Å²) in [5.41, 5.74) is 1.43. The fourth-order valence-electron chi connectivity index (χ4n) is 2.45. The molecule has 0 radical (unpaired) electrons. The van der Waals surface area contributed by atoms with Gasteiger partial charge in [0.15, 0.2) is 11.5 Å². The highest BCUT2D eigenvalue weighted by molar-refractivity contribution is 6.50. The van der Waals surface area contributed by atoms with E-state index in [1.54, 1.807) is 30.3 Å². The SMILES string of the molecule is COc1cc(-c2nnc(/C(Cl)=C/c3cccc(Cl)c3)o2)cc(OC)c1OC. The second kappa shape index (κ2) is 8.33. The van der Waals surface area contributed by atoms with Gasteiger partial charge in [0.25, 0.3) is 5.89 Å². The van der Waals surface area contributed by atoms with Crippen molar-refractivity contribution in [1.82, 2.24) is 10.2 Å². The number of rotatable bonds is 6. The number of nitrogens with zero attached hydrogens (tertiary/aromatic N) is 2. The van der Waals surface area contributed by atoms with E-state index >= 15 is 0 Å². The van der Waals surface area contributed by atoms with Crippen LogP contribution < -0.4 is 14.2 Å². The smallest absolute Gasteiger partial charge is 0.259 e. The highest BCUT2D eigenvalue weighted by Gasteiger charge is 2.18. The van der Waals surface area contributed by atoms with Crippen molar-refractivity contribution in [2.75, 3.05) is 21.3 Å². The Bertz CT molecular complexity index is 960. The van der Waals surface area contributed by atoms with Crippen LogP contribution in [0.2, 0.25) is 5.02 Å². The summed E-state index contributed by atoms with van der Waals surface area (Å²) in [7, 11) is 4.60. The Hall–Kier alpha value is -2.70. The maximum Gasteiger partial charge on any atom is 0.259 e. The van der Waals surface area contributed by atoms with E-state index in [-0.39, 0.29) is 11.8 Å². The molecule has 0 aliphatic carbocycles. The number of benzene rings is 2. The summed E-state index contributed by atoms with van der Waals surface area (Å²) in [6.07, 6.45) is 1.69. The molecular formula is C19H16Cl2N2O4. The summed E-state index contributed by atoms with van der Waals surface area (Å²) in [4.78, 5) is 0. The minimum Gasteiger partial charge on any atom is -0.493 e. The van der Waals surface area contributed by atoms with Crippen LogP contribution in [0.1, 0.15) is 11.5 Å². The first-order chi connectivity index (χ1) is 13.0. The normalized spacial score (nSPS) is 11.4. The van der Waals surface area contributed by atoms with E-state index in [0.29, 0.717) is 32.9 Å². The first-order valence-electron chi connectivity index (χ1n) is 7.82. The molecule has 0 N–H and O–H groups in total. The van der Waals surface area contributed by atoms with Gasteiger partial charge in [0.2, 0.25) is 11.6 Å². The fourth-order valence-corrected chi connectivity index (χ4v) is 2.85. The third-order valence-corrected chi connectivity index (χ3v) is 4.19. The number of hydrogen-bond donors (Lipinski definition) is 0. The molecule has 27 heavy (non-hydrogen) atoms. The highest BCUT2D eigenvalue weighted by Crippen LogP contribution is 2.41. The lowest BCUT2D eigenvalue weighted by Crippen LogP contribution is -1.95. The van der Waals surface area contributed by atoms with Crippen LogP contribution in [-0.4, -0.2) is 31.5 Å². The van der Waals surface area contributed by atoms with Crippen molar-refractivity contribution < 1.29 is 18.6 Å². The Kier molecular flexibility index (Phi) is 5.88. The Morgan fingerprint density at radius 2 is 1.70 bits per heavy atom. The topological polar surface area (TPSA) is 66.6 Å².